The van der Waals surface area contributed by atoms with E-state index >= 15 is 0 Å². The smallest absolute Gasteiger partial charge is 0.331 e. The van der Waals surface area contributed by atoms with Crippen molar-refractivity contribution in [1.29, 1.82) is 0 Å². The van der Waals surface area contributed by atoms with Gasteiger partial charge in [0.25, 0.3) is 5.91 Å². The van der Waals surface area contributed by atoms with Crippen molar-refractivity contribution in [3.8, 4) is 11.5 Å². The molecule has 0 radical (unpaired) electrons. The third kappa shape index (κ3) is 7.62. The van der Waals surface area contributed by atoms with Gasteiger partial charge in [0.15, 0.2) is 18.1 Å². The molecule has 0 saturated carbocycles. The summed E-state index contributed by atoms with van der Waals surface area (Å²) >= 11 is 3.34. The predicted octanol–water partition coefficient (Wildman–Crippen LogP) is 4.83. The Morgan fingerprint density at radius 1 is 1.07 bits per heavy atom. The van der Waals surface area contributed by atoms with Gasteiger partial charge < -0.3 is 19.5 Å². The second-order valence-electron chi connectivity index (χ2n) is 5.96. The molecule has 0 bridgehead atoms. The fraction of sp³-hybridized carbons (Fsp3) is 0.273. The summed E-state index contributed by atoms with van der Waals surface area (Å²) in [5, 5.41) is 2.67. The van der Waals surface area contributed by atoms with Crippen molar-refractivity contribution < 1.29 is 23.8 Å². The molecule has 0 aliphatic rings. The van der Waals surface area contributed by atoms with E-state index in [4.69, 9.17) is 14.2 Å². The first-order chi connectivity index (χ1) is 14.0. The van der Waals surface area contributed by atoms with Gasteiger partial charge in [-0.15, -0.1) is 0 Å². The summed E-state index contributed by atoms with van der Waals surface area (Å²) in [6.07, 6.45) is 3.76. The van der Waals surface area contributed by atoms with Gasteiger partial charge >= 0.3 is 5.97 Å². The molecule has 0 spiro atoms. The summed E-state index contributed by atoms with van der Waals surface area (Å²) in [5.74, 6) is 0.243. The highest BCUT2D eigenvalue weighted by Gasteiger charge is 2.08. The highest BCUT2D eigenvalue weighted by molar-refractivity contribution is 9.10. The number of ether oxygens (including phenoxy) is 3. The van der Waals surface area contributed by atoms with Crippen LogP contribution in [0.25, 0.3) is 6.08 Å². The third-order valence-electron chi connectivity index (χ3n) is 3.63. The van der Waals surface area contributed by atoms with E-state index in [-0.39, 0.29) is 6.61 Å². The molecule has 7 heteroatoms. The van der Waals surface area contributed by atoms with Crippen LogP contribution in [-0.2, 0) is 14.3 Å². The van der Waals surface area contributed by atoms with Crippen LogP contribution in [0.1, 0.15) is 25.8 Å². The maximum Gasteiger partial charge on any atom is 0.331 e. The van der Waals surface area contributed by atoms with E-state index in [0.717, 1.165) is 16.5 Å². The van der Waals surface area contributed by atoms with Crippen LogP contribution >= 0.6 is 15.9 Å². The highest BCUT2D eigenvalue weighted by atomic mass is 79.9. The van der Waals surface area contributed by atoms with Crippen LogP contribution in [0.5, 0.6) is 11.5 Å². The van der Waals surface area contributed by atoms with Gasteiger partial charge in [0.1, 0.15) is 0 Å². The molecule has 0 atom stereocenters. The molecule has 2 rings (SSSR count). The number of carbonyl (C=O) groups excluding carboxylic acids is 2. The number of nitrogens with one attached hydrogen (secondary N) is 1. The minimum absolute atomic E-state index is 0.376. The third-order valence-corrected chi connectivity index (χ3v) is 4.33. The van der Waals surface area contributed by atoms with Crippen molar-refractivity contribution in [2.24, 2.45) is 0 Å². The van der Waals surface area contributed by atoms with Crippen molar-refractivity contribution in [1.82, 2.24) is 0 Å². The minimum atomic E-state index is -0.614. The largest absolute Gasteiger partial charge is 0.490 e. The van der Waals surface area contributed by atoms with Crippen molar-refractivity contribution >= 4 is 39.6 Å². The predicted molar refractivity (Wildman–Crippen MR) is 116 cm³/mol. The van der Waals surface area contributed by atoms with Crippen molar-refractivity contribution in [2.45, 2.75) is 20.3 Å². The molecule has 0 saturated heterocycles. The zero-order valence-corrected chi connectivity index (χ0v) is 18.0. The maximum absolute atomic E-state index is 11.9. The first-order valence-electron chi connectivity index (χ1n) is 9.32. The Balaban J connectivity index is 1.90. The lowest BCUT2D eigenvalue weighted by Gasteiger charge is -2.12. The van der Waals surface area contributed by atoms with Gasteiger partial charge in [-0.1, -0.05) is 25.1 Å². The van der Waals surface area contributed by atoms with Crippen LogP contribution in [0.3, 0.4) is 0 Å². The van der Waals surface area contributed by atoms with Gasteiger partial charge in [-0.05, 0) is 65.2 Å². The van der Waals surface area contributed by atoms with Gasteiger partial charge in [0, 0.05) is 10.5 Å². The summed E-state index contributed by atoms with van der Waals surface area (Å²) < 4.78 is 17.0. The molecule has 2 aromatic carbocycles. The number of halogens is 1. The fourth-order valence-electron chi connectivity index (χ4n) is 2.33. The average Bonchev–Trinajstić information content (AvgIpc) is 2.72. The van der Waals surface area contributed by atoms with Crippen molar-refractivity contribution in [2.75, 3.05) is 25.1 Å². The number of esters is 1. The highest BCUT2D eigenvalue weighted by Crippen LogP contribution is 2.29. The summed E-state index contributed by atoms with van der Waals surface area (Å²) in [6, 6.07) is 12.6. The maximum atomic E-state index is 11.9. The van der Waals surface area contributed by atoms with Crippen LogP contribution in [-0.4, -0.2) is 31.7 Å². The molecule has 0 unspecified atom stereocenters. The zero-order valence-electron chi connectivity index (χ0n) is 16.4. The normalized spacial score (nSPS) is 10.6. The van der Waals surface area contributed by atoms with E-state index in [1.54, 1.807) is 36.4 Å². The van der Waals surface area contributed by atoms with E-state index in [9.17, 15) is 9.59 Å². The molecule has 1 N–H and O–H groups in total. The van der Waals surface area contributed by atoms with E-state index in [1.165, 1.54) is 6.08 Å². The Morgan fingerprint density at radius 3 is 2.59 bits per heavy atom. The van der Waals surface area contributed by atoms with E-state index in [0.29, 0.717) is 30.4 Å². The average molecular weight is 462 g/mol. The molecular weight excluding hydrogens is 438 g/mol. The van der Waals surface area contributed by atoms with E-state index in [2.05, 4.69) is 21.2 Å². The molecule has 0 aliphatic carbocycles. The standard InChI is InChI=1S/C22H24BrNO5/c1-3-13-28-19-11-9-16(14-20(19)27-4-2)10-12-22(26)29-15-21(25)24-18-8-6-5-7-17(18)23/h5-12,14H,3-4,13,15H2,1-2H3,(H,24,25)/b12-10+. The molecule has 0 aliphatic heterocycles. The summed E-state index contributed by atoms with van der Waals surface area (Å²) in [5.41, 5.74) is 1.37. The van der Waals surface area contributed by atoms with Crippen LogP contribution in [0.2, 0.25) is 0 Å². The SMILES string of the molecule is CCCOc1ccc(/C=C/C(=O)OCC(=O)Nc2ccccc2Br)cc1OCC. The van der Waals surface area contributed by atoms with E-state index < -0.39 is 11.9 Å². The van der Waals surface area contributed by atoms with E-state index in [1.807, 2.05) is 26.0 Å². The second-order valence-corrected chi connectivity index (χ2v) is 6.81. The quantitative estimate of drug-likeness (QED) is 0.405. The number of para-hydroxylation sites is 1. The first kappa shape index (κ1) is 22.5. The molecular formula is C22H24BrNO5. The lowest BCUT2D eigenvalue weighted by Crippen LogP contribution is -2.20. The molecule has 29 heavy (non-hydrogen) atoms. The number of anilines is 1. The van der Waals surface area contributed by atoms with Crippen molar-refractivity contribution in [3.05, 3.63) is 58.6 Å². The van der Waals surface area contributed by atoms with Gasteiger partial charge in [-0.3, -0.25) is 4.79 Å². The van der Waals surface area contributed by atoms with Crippen LogP contribution in [0.4, 0.5) is 5.69 Å². The number of rotatable bonds is 10. The van der Waals surface area contributed by atoms with Crippen LogP contribution in [0.15, 0.2) is 53.0 Å². The monoisotopic (exact) mass is 461 g/mol. The lowest BCUT2D eigenvalue weighted by molar-refractivity contribution is -0.142. The topological polar surface area (TPSA) is 73.9 Å². The number of hydrogen-bond acceptors (Lipinski definition) is 5. The number of carbonyl (C=O) groups is 2. The van der Waals surface area contributed by atoms with Crippen LogP contribution in [0, 0.1) is 0 Å². The molecule has 6 nitrogen and oxygen atoms in total. The summed E-state index contributed by atoms with van der Waals surface area (Å²) in [4.78, 5) is 23.8. The first-order valence-corrected chi connectivity index (χ1v) is 10.1. The number of benzene rings is 2. The molecule has 2 aromatic rings. The number of hydrogen-bond donors (Lipinski definition) is 1. The number of amides is 1. The Morgan fingerprint density at radius 2 is 1.86 bits per heavy atom. The summed E-state index contributed by atoms with van der Waals surface area (Å²) in [6.45, 7) is 4.65. The van der Waals surface area contributed by atoms with Gasteiger partial charge in [-0.25, -0.2) is 4.79 Å². The Hall–Kier alpha value is -2.80. The zero-order chi connectivity index (χ0) is 21.1. The Bertz CT molecular complexity index is 866. The van der Waals surface area contributed by atoms with Gasteiger partial charge in [-0.2, -0.15) is 0 Å². The van der Waals surface area contributed by atoms with Crippen LogP contribution < -0.4 is 14.8 Å². The molecule has 0 heterocycles. The van der Waals surface area contributed by atoms with Gasteiger partial charge in [0.2, 0.25) is 0 Å². The second kappa shape index (κ2) is 11.9. The summed E-state index contributed by atoms with van der Waals surface area (Å²) in [7, 11) is 0. The molecule has 0 fully saturated rings. The Kier molecular flexibility index (Phi) is 9.24. The minimum Gasteiger partial charge on any atom is -0.490 e. The molecule has 154 valence electrons. The molecule has 0 aromatic heterocycles. The molecule has 1 amide bonds. The van der Waals surface area contributed by atoms with Crippen molar-refractivity contribution in [3.63, 3.8) is 0 Å². The fourth-order valence-corrected chi connectivity index (χ4v) is 2.71. The van der Waals surface area contributed by atoms with Gasteiger partial charge in [0.05, 0.1) is 18.9 Å². The Labute approximate surface area is 179 Å². The lowest BCUT2D eigenvalue weighted by atomic mass is 10.2.